The molecule has 1 aliphatic heterocycles. The van der Waals surface area contributed by atoms with Crippen molar-refractivity contribution in [2.45, 2.75) is 39.4 Å². The van der Waals surface area contributed by atoms with Gasteiger partial charge in [-0.05, 0) is 47.0 Å². The van der Waals surface area contributed by atoms with Gasteiger partial charge in [0, 0.05) is 50.4 Å². The Labute approximate surface area is 213 Å². The maximum Gasteiger partial charge on any atom is 0.173 e. The lowest BCUT2D eigenvalue weighted by Crippen LogP contribution is -2.48. The van der Waals surface area contributed by atoms with Crippen LogP contribution in [-0.2, 0) is 13.1 Å². The molecular formula is C27H38N6O3. The van der Waals surface area contributed by atoms with Gasteiger partial charge in [0.25, 0.3) is 0 Å². The molecule has 9 nitrogen and oxygen atoms in total. The molecule has 0 N–H and O–H groups in total. The van der Waals surface area contributed by atoms with Gasteiger partial charge in [-0.15, -0.1) is 5.10 Å². The first kappa shape index (κ1) is 25.9. The molecule has 3 aromatic rings. The van der Waals surface area contributed by atoms with Crippen LogP contribution in [0, 0.1) is 5.92 Å². The Kier molecular flexibility index (Phi) is 8.77. The van der Waals surface area contributed by atoms with E-state index in [2.05, 4.69) is 51.3 Å². The van der Waals surface area contributed by atoms with E-state index in [-0.39, 0.29) is 6.04 Å². The van der Waals surface area contributed by atoms with Crippen LogP contribution in [0.3, 0.4) is 0 Å². The SMILES string of the molecule is COc1ccc(OC)c(C(c2nnnn2CCC(C)C)N2CCN(Cc3ccccc3OC)CC2)c1. The van der Waals surface area contributed by atoms with Gasteiger partial charge in [0.1, 0.15) is 23.3 Å². The van der Waals surface area contributed by atoms with Gasteiger partial charge in [-0.1, -0.05) is 32.0 Å². The molecule has 4 rings (SSSR count). The Morgan fingerprint density at radius 2 is 1.64 bits per heavy atom. The number of methoxy groups -OCH3 is 3. The third kappa shape index (κ3) is 5.96. The summed E-state index contributed by atoms with van der Waals surface area (Å²) in [5.41, 5.74) is 2.22. The van der Waals surface area contributed by atoms with E-state index in [0.29, 0.717) is 5.92 Å². The van der Waals surface area contributed by atoms with Crippen LogP contribution in [0.4, 0.5) is 0 Å². The summed E-state index contributed by atoms with van der Waals surface area (Å²) in [5.74, 6) is 3.91. The fourth-order valence-electron chi connectivity index (χ4n) is 4.75. The zero-order valence-electron chi connectivity index (χ0n) is 22.1. The summed E-state index contributed by atoms with van der Waals surface area (Å²) in [6.07, 6.45) is 1.01. The third-order valence-corrected chi connectivity index (χ3v) is 6.81. The molecule has 9 heteroatoms. The first-order chi connectivity index (χ1) is 17.5. The van der Waals surface area contributed by atoms with Gasteiger partial charge < -0.3 is 14.2 Å². The van der Waals surface area contributed by atoms with Gasteiger partial charge in [-0.25, -0.2) is 4.68 Å². The van der Waals surface area contributed by atoms with Gasteiger partial charge in [0.15, 0.2) is 5.82 Å². The molecule has 0 aliphatic carbocycles. The van der Waals surface area contributed by atoms with Gasteiger partial charge in [0.05, 0.1) is 21.3 Å². The molecule has 2 aromatic carbocycles. The molecule has 1 aliphatic rings. The largest absolute Gasteiger partial charge is 0.497 e. The lowest BCUT2D eigenvalue weighted by atomic mass is 10.0. The van der Waals surface area contributed by atoms with Crippen LogP contribution in [0.2, 0.25) is 0 Å². The summed E-state index contributed by atoms with van der Waals surface area (Å²) in [4.78, 5) is 4.92. The van der Waals surface area contributed by atoms with E-state index >= 15 is 0 Å². The fraction of sp³-hybridized carbons (Fsp3) is 0.519. The van der Waals surface area contributed by atoms with Crippen LogP contribution in [-0.4, -0.2) is 77.5 Å². The Hall–Kier alpha value is -3.17. The molecule has 194 valence electrons. The van der Waals surface area contributed by atoms with Gasteiger partial charge in [0.2, 0.25) is 0 Å². The number of benzene rings is 2. The second-order valence-electron chi connectivity index (χ2n) is 9.58. The molecule has 2 heterocycles. The molecule has 0 spiro atoms. The van der Waals surface area contributed by atoms with E-state index in [1.165, 1.54) is 5.56 Å². The van der Waals surface area contributed by atoms with Crippen molar-refractivity contribution in [1.29, 1.82) is 0 Å². The van der Waals surface area contributed by atoms with Crippen LogP contribution in [0.25, 0.3) is 0 Å². The highest BCUT2D eigenvalue weighted by Gasteiger charge is 2.33. The summed E-state index contributed by atoms with van der Waals surface area (Å²) in [6, 6.07) is 14.0. The first-order valence-corrected chi connectivity index (χ1v) is 12.6. The molecular weight excluding hydrogens is 456 g/mol. The topological polar surface area (TPSA) is 77.8 Å². The number of tetrazole rings is 1. The van der Waals surface area contributed by atoms with Crippen LogP contribution >= 0.6 is 0 Å². The Bertz CT molecular complexity index is 1110. The molecule has 1 saturated heterocycles. The predicted octanol–water partition coefficient (Wildman–Crippen LogP) is 3.65. The highest BCUT2D eigenvalue weighted by atomic mass is 16.5. The summed E-state index contributed by atoms with van der Waals surface area (Å²) < 4.78 is 18.9. The number of ether oxygens (including phenoxy) is 3. The van der Waals surface area contributed by atoms with Crippen molar-refractivity contribution >= 4 is 0 Å². The molecule has 0 radical (unpaired) electrons. The molecule has 1 atom stereocenters. The second kappa shape index (κ2) is 12.2. The van der Waals surface area contributed by atoms with Crippen LogP contribution in [0.15, 0.2) is 42.5 Å². The summed E-state index contributed by atoms with van der Waals surface area (Å²) in [5, 5.41) is 12.9. The lowest BCUT2D eigenvalue weighted by Gasteiger charge is -2.39. The molecule has 0 amide bonds. The van der Waals surface area contributed by atoms with Crippen molar-refractivity contribution in [3.05, 3.63) is 59.4 Å². The van der Waals surface area contributed by atoms with Crippen molar-refractivity contribution in [3.8, 4) is 17.2 Å². The maximum atomic E-state index is 5.79. The van der Waals surface area contributed by atoms with Crippen LogP contribution in [0.1, 0.15) is 43.3 Å². The van der Waals surface area contributed by atoms with Crippen molar-refractivity contribution < 1.29 is 14.2 Å². The average Bonchev–Trinajstić information content (AvgIpc) is 3.37. The van der Waals surface area contributed by atoms with E-state index < -0.39 is 0 Å². The van der Waals surface area contributed by atoms with E-state index in [1.807, 2.05) is 35.0 Å². The summed E-state index contributed by atoms with van der Waals surface area (Å²) in [6.45, 7) is 9.66. The highest BCUT2D eigenvalue weighted by molar-refractivity contribution is 5.44. The third-order valence-electron chi connectivity index (χ3n) is 6.81. The first-order valence-electron chi connectivity index (χ1n) is 12.6. The minimum absolute atomic E-state index is 0.148. The molecule has 36 heavy (non-hydrogen) atoms. The predicted molar refractivity (Wildman–Crippen MR) is 139 cm³/mol. The Morgan fingerprint density at radius 3 is 2.33 bits per heavy atom. The zero-order chi connectivity index (χ0) is 25.5. The quantitative estimate of drug-likeness (QED) is 0.400. The molecule has 1 fully saturated rings. The number of nitrogens with zero attached hydrogens (tertiary/aromatic N) is 6. The van der Waals surface area contributed by atoms with Crippen LogP contribution in [0.5, 0.6) is 17.2 Å². The van der Waals surface area contributed by atoms with Crippen molar-refractivity contribution in [2.24, 2.45) is 5.92 Å². The molecule has 0 bridgehead atoms. The van der Waals surface area contributed by atoms with E-state index in [4.69, 9.17) is 14.2 Å². The number of para-hydroxylation sites is 1. The fourth-order valence-corrected chi connectivity index (χ4v) is 4.75. The smallest absolute Gasteiger partial charge is 0.173 e. The Balaban J connectivity index is 1.61. The minimum Gasteiger partial charge on any atom is -0.497 e. The Morgan fingerprint density at radius 1 is 0.889 bits per heavy atom. The van der Waals surface area contributed by atoms with E-state index in [1.54, 1.807) is 21.3 Å². The maximum absolute atomic E-state index is 5.79. The number of hydrogen-bond donors (Lipinski definition) is 0. The monoisotopic (exact) mass is 494 g/mol. The molecule has 1 unspecified atom stereocenters. The van der Waals surface area contributed by atoms with Crippen molar-refractivity contribution in [2.75, 3.05) is 47.5 Å². The van der Waals surface area contributed by atoms with E-state index in [9.17, 15) is 0 Å². The lowest BCUT2D eigenvalue weighted by molar-refractivity contribution is 0.0983. The van der Waals surface area contributed by atoms with Crippen molar-refractivity contribution in [1.82, 2.24) is 30.0 Å². The number of hydrogen-bond acceptors (Lipinski definition) is 8. The number of piperazine rings is 1. The normalized spacial score (nSPS) is 15.7. The van der Waals surface area contributed by atoms with Gasteiger partial charge in [-0.2, -0.15) is 0 Å². The number of aryl methyl sites for hydroxylation is 1. The minimum atomic E-state index is -0.148. The average molecular weight is 495 g/mol. The summed E-state index contributed by atoms with van der Waals surface area (Å²) >= 11 is 0. The van der Waals surface area contributed by atoms with Crippen LogP contribution < -0.4 is 14.2 Å². The number of aromatic nitrogens is 4. The van der Waals surface area contributed by atoms with Gasteiger partial charge in [-0.3, -0.25) is 9.80 Å². The highest BCUT2D eigenvalue weighted by Crippen LogP contribution is 2.37. The van der Waals surface area contributed by atoms with Gasteiger partial charge >= 0.3 is 0 Å². The molecule has 0 saturated carbocycles. The zero-order valence-corrected chi connectivity index (χ0v) is 22.1. The standard InChI is InChI=1S/C27H38N6O3/c1-20(2)12-13-33-27(28-29-30-33)26(23-18-22(34-3)10-11-25(23)36-5)32-16-14-31(15-17-32)19-21-8-6-7-9-24(21)35-4/h6-11,18,20,26H,12-17,19H2,1-5H3. The summed E-state index contributed by atoms with van der Waals surface area (Å²) in [7, 11) is 5.12. The van der Waals surface area contributed by atoms with E-state index in [0.717, 1.165) is 74.3 Å². The second-order valence-corrected chi connectivity index (χ2v) is 9.58. The van der Waals surface area contributed by atoms with Crippen molar-refractivity contribution in [3.63, 3.8) is 0 Å². The molecule has 1 aromatic heterocycles. The number of rotatable bonds is 11.